The minimum absolute atomic E-state index is 0.0770. The maximum atomic E-state index is 11.7. The molecule has 0 unspecified atom stereocenters. The summed E-state index contributed by atoms with van der Waals surface area (Å²) >= 11 is 0. The average molecular weight is 304 g/mol. The summed E-state index contributed by atoms with van der Waals surface area (Å²) in [6.45, 7) is 1.51. The molecule has 0 aromatic carbocycles. The molecule has 1 aliphatic heterocycles. The van der Waals surface area contributed by atoms with Crippen molar-refractivity contribution >= 4 is 10.1 Å². The minimum atomic E-state index is -3.51. The molecule has 1 saturated heterocycles. The fourth-order valence-electron chi connectivity index (χ4n) is 2.01. The van der Waals surface area contributed by atoms with E-state index in [1.54, 1.807) is 6.92 Å². The van der Waals surface area contributed by atoms with Crippen LogP contribution in [0.1, 0.15) is 24.6 Å². The molecule has 1 aromatic heterocycles. The molecule has 1 aliphatic rings. The fourth-order valence-corrected chi connectivity index (χ4v) is 2.41. The summed E-state index contributed by atoms with van der Waals surface area (Å²) in [5.74, 6) is 0. The standard InChI is InChI=1S/C11H16N2O6S/c1-7-5-13(11(15)12-10(7)14)9-4-3-8(19-9)6-18-20(2,16)17/h5,8-9H,3-4,6H2,1-2H3,(H,12,14,15)/t8-,9+/m0/s1. The summed E-state index contributed by atoms with van der Waals surface area (Å²) in [6.07, 6.45) is 2.61. The van der Waals surface area contributed by atoms with E-state index in [1.807, 2.05) is 0 Å². The number of nitrogens with zero attached hydrogens (tertiary/aromatic N) is 1. The number of hydrogen-bond acceptors (Lipinski definition) is 6. The molecule has 2 heterocycles. The van der Waals surface area contributed by atoms with Crippen molar-refractivity contribution < 1.29 is 17.3 Å². The number of hydrogen-bond donors (Lipinski definition) is 1. The van der Waals surface area contributed by atoms with Crippen molar-refractivity contribution in [1.29, 1.82) is 0 Å². The van der Waals surface area contributed by atoms with Gasteiger partial charge in [0.1, 0.15) is 6.23 Å². The van der Waals surface area contributed by atoms with Crippen LogP contribution in [0.25, 0.3) is 0 Å². The van der Waals surface area contributed by atoms with Gasteiger partial charge in [0.25, 0.3) is 15.7 Å². The van der Waals surface area contributed by atoms with Crippen LogP contribution in [0.15, 0.2) is 15.8 Å². The van der Waals surface area contributed by atoms with Gasteiger partial charge in [0.05, 0.1) is 19.0 Å². The molecule has 20 heavy (non-hydrogen) atoms. The topological polar surface area (TPSA) is 107 Å². The molecule has 0 bridgehead atoms. The molecule has 0 amide bonds. The first kappa shape index (κ1) is 14.9. The second-order valence-electron chi connectivity index (χ2n) is 4.76. The molecule has 9 heteroatoms. The van der Waals surface area contributed by atoms with Crippen molar-refractivity contribution in [2.75, 3.05) is 12.9 Å². The third-order valence-corrected chi connectivity index (χ3v) is 3.57. The molecule has 112 valence electrons. The summed E-state index contributed by atoms with van der Waals surface area (Å²) in [6, 6.07) is 0. The van der Waals surface area contributed by atoms with Crippen LogP contribution in [-0.2, 0) is 19.0 Å². The van der Waals surface area contributed by atoms with E-state index in [1.165, 1.54) is 10.8 Å². The van der Waals surface area contributed by atoms with Gasteiger partial charge in [-0.25, -0.2) is 4.79 Å². The zero-order valence-corrected chi connectivity index (χ0v) is 12.0. The van der Waals surface area contributed by atoms with Crippen molar-refractivity contribution in [2.24, 2.45) is 0 Å². The predicted octanol–water partition coefficient (Wildman–Crippen LogP) is -0.501. The lowest BCUT2D eigenvalue weighted by Gasteiger charge is -2.15. The minimum Gasteiger partial charge on any atom is -0.352 e. The van der Waals surface area contributed by atoms with Gasteiger partial charge >= 0.3 is 5.69 Å². The third-order valence-electron chi connectivity index (χ3n) is 3.01. The number of ether oxygens (including phenoxy) is 1. The maximum Gasteiger partial charge on any atom is 0.330 e. The first-order valence-electron chi connectivity index (χ1n) is 6.08. The van der Waals surface area contributed by atoms with Crippen molar-refractivity contribution in [2.45, 2.75) is 32.1 Å². The van der Waals surface area contributed by atoms with Crippen molar-refractivity contribution in [3.05, 3.63) is 32.6 Å². The highest BCUT2D eigenvalue weighted by Crippen LogP contribution is 2.27. The van der Waals surface area contributed by atoms with E-state index in [2.05, 4.69) is 9.17 Å². The second-order valence-corrected chi connectivity index (χ2v) is 6.40. The highest BCUT2D eigenvalue weighted by Gasteiger charge is 2.28. The summed E-state index contributed by atoms with van der Waals surface area (Å²) in [7, 11) is -3.51. The van der Waals surface area contributed by atoms with Crippen molar-refractivity contribution in [3.8, 4) is 0 Å². The van der Waals surface area contributed by atoms with Gasteiger partial charge in [0, 0.05) is 11.8 Å². The van der Waals surface area contributed by atoms with E-state index in [0.717, 1.165) is 6.26 Å². The Balaban J connectivity index is 2.08. The molecule has 1 N–H and O–H groups in total. The molecule has 0 spiro atoms. The van der Waals surface area contributed by atoms with Gasteiger partial charge in [-0.15, -0.1) is 0 Å². The average Bonchev–Trinajstić information content (AvgIpc) is 2.79. The Bertz CT molecular complexity index is 704. The number of aromatic amines is 1. The van der Waals surface area contributed by atoms with Gasteiger partial charge in [0.2, 0.25) is 0 Å². The van der Waals surface area contributed by atoms with Gasteiger partial charge in [-0.3, -0.25) is 18.5 Å². The summed E-state index contributed by atoms with van der Waals surface area (Å²) in [4.78, 5) is 25.2. The number of aromatic nitrogens is 2. The summed E-state index contributed by atoms with van der Waals surface area (Å²) in [5, 5.41) is 0. The number of rotatable bonds is 4. The molecular formula is C11H16N2O6S. The molecule has 2 atom stereocenters. The lowest BCUT2D eigenvalue weighted by Crippen LogP contribution is -2.33. The van der Waals surface area contributed by atoms with Crippen LogP contribution in [0, 0.1) is 6.92 Å². The maximum absolute atomic E-state index is 11.7. The Morgan fingerprint density at radius 1 is 1.45 bits per heavy atom. The number of H-pyrrole nitrogens is 1. The summed E-state index contributed by atoms with van der Waals surface area (Å²) < 4.78 is 33.4. The predicted molar refractivity (Wildman–Crippen MR) is 70.0 cm³/mol. The van der Waals surface area contributed by atoms with Crippen LogP contribution in [0.3, 0.4) is 0 Å². The van der Waals surface area contributed by atoms with Crippen LogP contribution < -0.4 is 11.2 Å². The normalized spacial score (nSPS) is 23.1. The zero-order chi connectivity index (χ0) is 14.9. The first-order chi connectivity index (χ1) is 9.26. The SMILES string of the molecule is Cc1cn([C@H]2CC[C@@H](COS(C)(=O)=O)O2)c(=O)[nH]c1=O. The number of nitrogens with one attached hydrogen (secondary N) is 1. The van der Waals surface area contributed by atoms with Crippen LogP contribution in [0.4, 0.5) is 0 Å². The molecule has 0 saturated carbocycles. The third kappa shape index (κ3) is 3.56. The van der Waals surface area contributed by atoms with E-state index in [-0.39, 0.29) is 6.61 Å². The monoisotopic (exact) mass is 304 g/mol. The van der Waals surface area contributed by atoms with Crippen LogP contribution in [0.5, 0.6) is 0 Å². The summed E-state index contributed by atoms with van der Waals surface area (Å²) in [5.41, 5.74) is -0.569. The number of aryl methyl sites for hydroxylation is 1. The molecule has 1 aromatic rings. The first-order valence-corrected chi connectivity index (χ1v) is 7.90. The Labute approximate surface area is 115 Å². The van der Waals surface area contributed by atoms with Crippen molar-refractivity contribution in [1.82, 2.24) is 9.55 Å². The van der Waals surface area contributed by atoms with Crippen LogP contribution in [0.2, 0.25) is 0 Å². The van der Waals surface area contributed by atoms with E-state index in [4.69, 9.17) is 4.74 Å². The molecule has 0 aliphatic carbocycles. The largest absolute Gasteiger partial charge is 0.352 e. The highest BCUT2D eigenvalue weighted by atomic mass is 32.2. The van der Waals surface area contributed by atoms with Gasteiger partial charge in [-0.2, -0.15) is 8.42 Å². The van der Waals surface area contributed by atoms with E-state index in [0.29, 0.717) is 18.4 Å². The van der Waals surface area contributed by atoms with Gasteiger partial charge in [0.15, 0.2) is 0 Å². The molecular weight excluding hydrogens is 288 g/mol. The molecule has 8 nitrogen and oxygen atoms in total. The van der Waals surface area contributed by atoms with E-state index >= 15 is 0 Å². The Morgan fingerprint density at radius 2 is 2.15 bits per heavy atom. The lowest BCUT2D eigenvalue weighted by molar-refractivity contribution is -0.0189. The van der Waals surface area contributed by atoms with E-state index in [9.17, 15) is 18.0 Å². The molecule has 1 fully saturated rings. The van der Waals surface area contributed by atoms with Gasteiger partial charge in [-0.1, -0.05) is 0 Å². The smallest absolute Gasteiger partial charge is 0.330 e. The molecule has 2 rings (SSSR count). The van der Waals surface area contributed by atoms with Gasteiger partial charge < -0.3 is 4.74 Å². The lowest BCUT2D eigenvalue weighted by atomic mass is 10.2. The zero-order valence-electron chi connectivity index (χ0n) is 11.2. The highest BCUT2D eigenvalue weighted by molar-refractivity contribution is 7.85. The second kappa shape index (κ2) is 5.51. The quantitative estimate of drug-likeness (QED) is 0.751. The van der Waals surface area contributed by atoms with Crippen molar-refractivity contribution in [3.63, 3.8) is 0 Å². The van der Waals surface area contributed by atoms with Gasteiger partial charge in [-0.05, 0) is 19.8 Å². The van der Waals surface area contributed by atoms with E-state index < -0.39 is 33.7 Å². The van der Waals surface area contributed by atoms with Crippen LogP contribution in [-0.4, -0.2) is 36.9 Å². The Morgan fingerprint density at radius 3 is 2.80 bits per heavy atom. The Hall–Kier alpha value is -1.45. The van der Waals surface area contributed by atoms with Crippen LogP contribution >= 0.6 is 0 Å². The fraction of sp³-hybridized carbons (Fsp3) is 0.636. The molecule has 0 radical (unpaired) electrons. The Kier molecular flexibility index (Phi) is 4.11.